The van der Waals surface area contributed by atoms with Gasteiger partial charge in [-0.3, -0.25) is 4.98 Å². The Bertz CT molecular complexity index is 653. The first-order valence-electron chi connectivity index (χ1n) is 4.94. The number of hydrogen-bond donors (Lipinski definition) is 1. The van der Waals surface area contributed by atoms with Crippen LogP contribution in [0.25, 0.3) is 11.3 Å². The molecule has 1 aromatic heterocycles. The predicted molar refractivity (Wildman–Crippen MR) is 71.6 cm³/mol. The molecule has 3 nitrogen and oxygen atoms in total. The molecule has 0 radical (unpaired) electrons. The Balaban J connectivity index is 2.68. The van der Waals surface area contributed by atoms with E-state index in [1.54, 1.807) is 0 Å². The van der Waals surface area contributed by atoms with Gasteiger partial charge >= 0.3 is 5.97 Å². The zero-order valence-corrected chi connectivity index (χ0v) is 11.4. The van der Waals surface area contributed by atoms with Crippen molar-refractivity contribution in [2.45, 2.75) is 0 Å². The molecule has 0 saturated heterocycles. The monoisotopic (exact) mass is 319 g/mol. The lowest BCUT2D eigenvalue weighted by Gasteiger charge is -2.08. The molecular weight excluding hydrogens is 315 g/mol. The third-order valence-corrected chi connectivity index (χ3v) is 3.54. The van der Waals surface area contributed by atoms with E-state index in [0.29, 0.717) is 5.56 Å². The highest BCUT2D eigenvalue weighted by Gasteiger charge is 2.16. The first-order chi connectivity index (χ1) is 8.90. The number of benzene rings is 1. The van der Waals surface area contributed by atoms with E-state index in [4.69, 9.17) is 39.9 Å². The molecule has 0 amide bonds. The third-order valence-electron chi connectivity index (χ3n) is 2.34. The number of rotatable bonds is 2. The summed E-state index contributed by atoms with van der Waals surface area (Å²) in [4.78, 5) is 14.9. The highest BCUT2D eigenvalue weighted by atomic mass is 35.5. The molecule has 0 spiro atoms. The Morgan fingerprint density at radius 3 is 2.26 bits per heavy atom. The van der Waals surface area contributed by atoms with E-state index in [1.807, 2.05) is 0 Å². The number of aromatic nitrogens is 1. The number of hydrogen-bond acceptors (Lipinski definition) is 2. The van der Waals surface area contributed by atoms with Crippen molar-refractivity contribution in [3.8, 4) is 11.3 Å². The summed E-state index contributed by atoms with van der Waals surface area (Å²) in [7, 11) is 0. The van der Waals surface area contributed by atoms with Crippen LogP contribution in [0.5, 0.6) is 0 Å². The van der Waals surface area contributed by atoms with Gasteiger partial charge < -0.3 is 5.11 Å². The van der Waals surface area contributed by atoms with Crippen LogP contribution in [0.3, 0.4) is 0 Å². The Morgan fingerprint density at radius 2 is 1.74 bits per heavy atom. The van der Waals surface area contributed by atoms with Crippen LogP contribution in [0, 0.1) is 5.82 Å². The largest absolute Gasteiger partial charge is 0.478 e. The van der Waals surface area contributed by atoms with Crippen molar-refractivity contribution >= 4 is 40.8 Å². The van der Waals surface area contributed by atoms with Gasteiger partial charge in [-0.1, -0.05) is 34.8 Å². The van der Waals surface area contributed by atoms with Crippen LogP contribution in [0.1, 0.15) is 10.4 Å². The summed E-state index contributed by atoms with van der Waals surface area (Å²) in [5.41, 5.74) is 0.126. The van der Waals surface area contributed by atoms with Gasteiger partial charge in [-0.15, -0.1) is 0 Å². The van der Waals surface area contributed by atoms with Gasteiger partial charge in [0, 0.05) is 5.56 Å². The molecule has 0 aliphatic heterocycles. The molecule has 0 fully saturated rings. The number of carboxylic acids is 1. The molecule has 1 heterocycles. The van der Waals surface area contributed by atoms with Crippen molar-refractivity contribution in [3.05, 3.63) is 50.8 Å². The second-order valence-electron chi connectivity index (χ2n) is 3.61. The minimum absolute atomic E-state index is 0.0642. The summed E-state index contributed by atoms with van der Waals surface area (Å²) in [5, 5.41) is 9.52. The molecule has 0 atom stereocenters. The maximum atomic E-state index is 13.0. The van der Waals surface area contributed by atoms with Crippen LogP contribution in [-0.2, 0) is 0 Å². The number of carboxylic acid groups (broad SMARTS) is 1. The van der Waals surface area contributed by atoms with Gasteiger partial charge in [-0.05, 0) is 18.2 Å². The van der Waals surface area contributed by atoms with Gasteiger partial charge in [-0.25, -0.2) is 9.18 Å². The zero-order chi connectivity index (χ0) is 14.2. The van der Waals surface area contributed by atoms with Gasteiger partial charge in [0.2, 0.25) is 0 Å². The van der Waals surface area contributed by atoms with Gasteiger partial charge in [0.05, 0.1) is 32.5 Å². The zero-order valence-electron chi connectivity index (χ0n) is 9.12. The number of carbonyl (C=O) groups is 1. The molecule has 19 heavy (non-hydrogen) atoms. The van der Waals surface area contributed by atoms with Crippen LogP contribution in [-0.4, -0.2) is 16.1 Å². The number of aromatic carboxylic acids is 1. The van der Waals surface area contributed by atoms with Crippen molar-refractivity contribution in [1.29, 1.82) is 0 Å². The Kier molecular flexibility index (Phi) is 3.94. The number of halogens is 4. The van der Waals surface area contributed by atoms with Gasteiger partial charge in [0.25, 0.3) is 0 Å². The molecule has 0 bridgehead atoms. The molecule has 0 unspecified atom stereocenters. The lowest BCUT2D eigenvalue weighted by molar-refractivity contribution is 0.0697. The average Bonchev–Trinajstić information content (AvgIpc) is 2.35. The summed E-state index contributed by atoms with van der Waals surface area (Å²) in [6.07, 6.45) is 0.915. The molecule has 2 aromatic rings. The van der Waals surface area contributed by atoms with Crippen LogP contribution in [0.15, 0.2) is 24.4 Å². The molecule has 1 aromatic carbocycles. The highest BCUT2D eigenvalue weighted by molar-refractivity contribution is 6.48. The topological polar surface area (TPSA) is 50.2 Å². The van der Waals surface area contributed by atoms with E-state index in [9.17, 15) is 9.18 Å². The highest BCUT2D eigenvalue weighted by Crippen LogP contribution is 2.35. The molecule has 0 saturated carbocycles. The molecule has 2 rings (SSSR count). The maximum absolute atomic E-state index is 13.0. The molecule has 7 heteroatoms. The van der Waals surface area contributed by atoms with Crippen LogP contribution in [0.2, 0.25) is 15.1 Å². The summed E-state index contributed by atoms with van der Waals surface area (Å²) in [6, 6.07) is 3.71. The van der Waals surface area contributed by atoms with Gasteiger partial charge in [0.1, 0.15) is 5.82 Å². The van der Waals surface area contributed by atoms with Crippen molar-refractivity contribution in [2.75, 3.05) is 0 Å². The minimum atomic E-state index is -1.30. The summed E-state index contributed by atoms with van der Waals surface area (Å²) in [5.74, 6) is -2.04. The van der Waals surface area contributed by atoms with Crippen LogP contribution < -0.4 is 0 Å². The number of pyridine rings is 1. The summed E-state index contributed by atoms with van der Waals surface area (Å²) < 4.78 is 13.0. The third kappa shape index (κ3) is 2.81. The lowest BCUT2D eigenvalue weighted by Crippen LogP contribution is -2.02. The van der Waals surface area contributed by atoms with E-state index in [0.717, 1.165) is 12.3 Å². The van der Waals surface area contributed by atoms with E-state index < -0.39 is 11.8 Å². The van der Waals surface area contributed by atoms with Crippen molar-refractivity contribution in [1.82, 2.24) is 4.98 Å². The molecule has 98 valence electrons. The maximum Gasteiger partial charge on any atom is 0.338 e. The Morgan fingerprint density at radius 1 is 1.16 bits per heavy atom. The standard InChI is InChI=1S/C12H5Cl3FNO2/c13-8-1-5(2-9(14)10(8)15)11-7(12(18)19)3-6(16)4-17-11/h1-4H,(H,18,19). The second-order valence-corrected chi connectivity index (χ2v) is 4.80. The fourth-order valence-corrected chi connectivity index (χ4v) is 2.12. The normalized spacial score (nSPS) is 10.5. The minimum Gasteiger partial charge on any atom is -0.478 e. The van der Waals surface area contributed by atoms with Gasteiger partial charge in [-0.2, -0.15) is 0 Å². The smallest absolute Gasteiger partial charge is 0.338 e. The van der Waals surface area contributed by atoms with Crippen LogP contribution in [0.4, 0.5) is 4.39 Å². The summed E-state index contributed by atoms with van der Waals surface area (Å²) in [6.45, 7) is 0. The van der Waals surface area contributed by atoms with Crippen molar-refractivity contribution < 1.29 is 14.3 Å². The van der Waals surface area contributed by atoms with E-state index in [-0.39, 0.29) is 26.3 Å². The SMILES string of the molecule is O=C(O)c1cc(F)cnc1-c1cc(Cl)c(Cl)c(Cl)c1. The lowest BCUT2D eigenvalue weighted by atomic mass is 10.1. The predicted octanol–water partition coefficient (Wildman–Crippen LogP) is 4.55. The first kappa shape index (κ1) is 14.1. The van der Waals surface area contributed by atoms with Crippen molar-refractivity contribution in [2.24, 2.45) is 0 Å². The quantitative estimate of drug-likeness (QED) is 0.826. The van der Waals surface area contributed by atoms with Crippen molar-refractivity contribution in [3.63, 3.8) is 0 Å². The first-order valence-corrected chi connectivity index (χ1v) is 6.07. The second kappa shape index (κ2) is 5.33. The molecular formula is C12H5Cl3FNO2. The van der Waals surface area contributed by atoms with E-state index in [1.165, 1.54) is 12.1 Å². The van der Waals surface area contributed by atoms with E-state index >= 15 is 0 Å². The Labute approximate surface area is 122 Å². The van der Waals surface area contributed by atoms with E-state index in [2.05, 4.69) is 4.98 Å². The van der Waals surface area contributed by atoms with Gasteiger partial charge in [0.15, 0.2) is 0 Å². The number of nitrogens with zero attached hydrogens (tertiary/aromatic N) is 1. The summed E-state index contributed by atoms with van der Waals surface area (Å²) >= 11 is 17.5. The van der Waals surface area contributed by atoms with Crippen LogP contribution >= 0.6 is 34.8 Å². The molecule has 0 aliphatic rings. The Hall–Kier alpha value is -1.36. The molecule has 0 aliphatic carbocycles. The fourth-order valence-electron chi connectivity index (χ4n) is 1.52. The average molecular weight is 321 g/mol. The fraction of sp³-hybridized carbons (Fsp3) is 0. The molecule has 1 N–H and O–H groups in total.